The van der Waals surface area contributed by atoms with Gasteiger partial charge in [-0.15, -0.1) is 0 Å². The fourth-order valence-corrected chi connectivity index (χ4v) is 1.66. The lowest BCUT2D eigenvalue weighted by Gasteiger charge is -2.08. The zero-order valence-electron chi connectivity index (χ0n) is 10.9. The molecule has 1 aromatic carbocycles. The molecule has 1 heterocycles. The quantitative estimate of drug-likeness (QED) is 0.855. The molecule has 19 heavy (non-hydrogen) atoms. The molecule has 0 unspecified atom stereocenters. The van der Waals surface area contributed by atoms with E-state index in [0.717, 1.165) is 6.07 Å². The zero-order valence-corrected chi connectivity index (χ0v) is 10.9. The predicted octanol–water partition coefficient (Wildman–Crippen LogP) is 3.60. The van der Waals surface area contributed by atoms with E-state index >= 15 is 0 Å². The summed E-state index contributed by atoms with van der Waals surface area (Å²) in [6.45, 7) is 4.22. The van der Waals surface area contributed by atoms with Crippen molar-refractivity contribution in [2.24, 2.45) is 0 Å². The molecule has 2 aromatic rings. The SMILES string of the molecule is CC(C)c1ccc(NC(=O)c2ccc(F)nc2)cc1. The molecule has 0 aliphatic rings. The number of hydrogen-bond donors (Lipinski definition) is 1. The van der Waals surface area contributed by atoms with E-state index in [1.807, 2.05) is 24.3 Å². The lowest BCUT2D eigenvalue weighted by molar-refractivity contribution is 0.102. The number of hydrogen-bond acceptors (Lipinski definition) is 2. The van der Waals surface area contributed by atoms with Crippen LogP contribution >= 0.6 is 0 Å². The van der Waals surface area contributed by atoms with Crippen LogP contribution in [0.5, 0.6) is 0 Å². The minimum Gasteiger partial charge on any atom is -0.322 e. The summed E-state index contributed by atoms with van der Waals surface area (Å²) < 4.78 is 12.7. The van der Waals surface area contributed by atoms with Gasteiger partial charge in [-0.05, 0) is 35.7 Å². The number of rotatable bonds is 3. The summed E-state index contributed by atoms with van der Waals surface area (Å²) in [6, 6.07) is 10.2. The molecule has 2 rings (SSSR count). The third-order valence-electron chi connectivity index (χ3n) is 2.82. The van der Waals surface area contributed by atoms with Gasteiger partial charge in [0.05, 0.1) is 5.56 Å². The Balaban J connectivity index is 2.08. The van der Waals surface area contributed by atoms with E-state index in [-0.39, 0.29) is 5.91 Å². The monoisotopic (exact) mass is 258 g/mol. The number of pyridine rings is 1. The van der Waals surface area contributed by atoms with Crippen LogP contribution in [0, 0.1) is 5.95 Å². The van der Waals surface area contributed by atoms with Crippen LogP contribution in [-0.2, 0) is 0 Å². The van der Waals surface area contributed by atoms with Gasteiger partial charge in [-0.2, -0.15) is 4.39 Å². The van der Waals surface area contributed by atoms with E-state index in [1.165, 1.54) is 17.8 Å². The first kappa shape index (κ1) is 13.2. The first-order valence-electron chi connectivity index (χ1n) is 6.09. The maximum absolute atomic E-state index is 12.7. The molecule has 1 amide bonds. The molecule has 0 atom stereocenters. The first-order valence-corrected chi connectivity index (χ1v) is 6.09. The predicted molar refractivity (Wildman–Crippen MR) is 72.7 cm³/mol. The molecule has 0 spiro atoms. The van der Waals surface area contributed by atoms with Gasteiger partial charge in [-0.3, -0.25) is 4.79 Å². The number of carbonyl (C=O) groups excluding carboxylic acids is 1. The van der Waals surface area contributed by atoms with E-state index < -0.39 is 5.95 Å². The van der Waals surface area contributed by atoms with Crippen molar-refractivity contribution in [3.8, 4) is 0 Å². The van der Waals surface area contributed by atoms with Crippen molar-refractivity contribution >= 4 is 11.6 Å². The average molecular weight is 258 g/mol. The highest BCUT2D eigenvalue weighted by Gasteiger charge is 2.07. The minimum atomic E-state index is -0.599. The second-order valence-electron chi connectivity index (χ2n) is 4.60. The molecule has 1 N–H and O–H groups in total. The zero-order chi connectivity index (χ0) is 13.8. The Hall–Kier alpha value is -2.23. The molecule has 0 saturated heterocycles. The molecule has 3 nitrogen and oxygen atoms in total. The van der Waals surface area contributed by atoms with Crippen LogP contribution in [0.3, 0.4) is 0 Å². The van der Waals surface area contributed by atoms with Crippen LogP contribution in [0.2, 0.25) is 0 Å². The summed E-state index contributed by atoms with van der Waals surface area (Å²) in [4.78, 5) is 15.3. The molecule has 0 fully saturated rings. The maximum atomic E-state index is 12.7. The molecular weight excluding hydrogens is 243 g/mol. The van der Waals surface area contributed by atoms with Crippen molar-refractivity contribution in [3.63, 3.8) is 0 Å². The molecule has 0 saturated carbocycles. The highest BCUT2D eigenvalue weighted by atomic mass is 19.1. The largest absolute Gasteiger partial charge is 0.322 e. The van der Waals surface area contributed by atoms with Crippen molar-refractivity contribution in [1.29, 1.82) is 0 Å². The van der Waals surface area contributed by atoms with E-state index in [1.54, 1.807) is 0 Å². The number of anilines is 1. The lowest BCUT2D eigenvalue weighted by Crippen LogP contribution is -2.12. The number of carbonyl (C=O) groups is 1. The van der Waals surface area contributed by atoms with Gasteiger partial charge in [-0.25, -0.2) is 4.98 Å². The van der Waals surface area contributed by atoms with Crippen molar-refractivity contribution in [2.75, 3.05) is 5.32 Å². The Bertz CT molecular complexity index is 562. The second-order valence-corrected chi connectivity index (χ2v) is 4.60. The van der Waals surface area contributed by atoms with Crippen molar-refractivity contribution in [1.82, 2.24) is 4.98 Å². The number of halogens is 1. The van der Waals surface area contributed by atoms with Crippen LogP contribution in [-0.4, -0.2) is 10.9 Å². The fourth-order valence-electron chi connectivity index (χ4n) is 1.66. The smallest absolute Gasteiger partial charge is 0.257 e. The first-order chi connectivity index (χ1) is 9.06. The van der Waals surface area contributed by atoms with Crippen molar-refractivity contribution in [3.05, 3.63) is 59.7 Å². The Kier molecular flexibility index (Phi) is 3.90. The lowest BCUT2D eigenvalue weighted by atomic mass is 10.0. The van der Waals surface area contributed by atoms with E-state index in [0.29, 0.717) is 17.2 Å². The molecule has 98 valence electrons. The van der Waals surface area contributed by atoms with E-state index in [9.17, 15) is 9.18 Å². The molecule has 0 bridgehead atoms. The van der Waals surface area contributed by atoms with Gasteiger partial charge in [0.15, 0.2) is 0 Å². The number of amides is 1. The average Bonchev–Trinajstić information content (AvgIpc) is 2.40. The van der Waals surface area contributed by atoms with Gasteiger partial charge >= 0.3 is 0 Å². The molecule has 1 aromatic heterocycles. The second kappa shape index (κ2) is 5.61. The van der Waals surface area contributed by atoms with Crippen molar-refractivity contribution < 1.29 is 9.18 Å². The highest BCUT2D eigenvalue weighted by Crippen LogP contribution is 2.17. The molecule has 0 aliphatic carbocycles. The summed E-state index contributed by atoms with van der Waals surface area (Å²) in [6.07, 6.45) is 1.22. The van der Waals surface area contributed by atoms with Gasteiger partial charge in [-0.1, -0.05) is 26.0 Å². The maximum Gasteiger partial charge on any atom is 0.257 e. The molecule has 0 radical (unpaired) electrons. The van der Waals surface area contributed by atoms with Gasteiger partial charge < -0.3 is 5.32 Å². The van der Waals surface area contributed by atoms with Gasteiger partial charge in [0.25, 0.3) is 5.91 Å². The summed E-state index contributed by atoms with van der Waals surface area (Å²) in [7, 11) is 0. The summed E-state index contributed by atoms with van der Waals surface area (Å²) in [5, 5.41) is 2.74. The molecular formula is C15H15FN2O. The van der Waals surface area contributed by atoms with Crippen LogP contribution in [0.25, 0.3) is 0 Å². The Morgan fingerprint density at radius 1 is 1.16 bits per heavy atom. The number of nitrogens with zero attached hydrogens (tertiary/aromatic N) is 1. The normalized spacial score (nSPS) is 10.5. The van der Waals surface area contributed by atoms with E-state index in [4.69, 9.17) is 0 Å². The summed E-state index contributed by atoms with van der Waals surface area (Å²) in [5.74, 6) is -0.450. The fraction of sp³-hybridized carbons (Fsp3) is 0.200. The third-order valence-corrected chi connectivity index (χ3v) is 2.82. The van der Waals surface area contributed by atoms with Gasteiger partial charge in [0, 0.05) is 11.9 Å². The number of nitrogens with one attached hydrogen (secondary N) is 1. The van der Waals surface area contributed by atoms with Crippen LogP contribution in [0.15, 0.2) is 42.6 Å². The van der Waals surface area contributed by atoms with Crippen LogP contribution in [0.1, 0.15) is 35.7 Å². The Morgan fingerprint density at radius 2 is 1.84 bits per heavy atom. The summed E-state index contributed by atoms with van der Waals surface area (Å²) >= 11 is 0. The third kappa shape index (κ3) is 3.37. The Morgan fingerprint density at radius 3 is 2.37 bits per heavy atom. The standard InChI is InChI=1S/C15H15FN2O/c1-10(2)11-3-6-13(7-4-11)18-15(19)12-5-8-14(16)17-9-12/h3-10H,1-2H3,(H,18,19). The van der Waals surface area contributed by atoms with Gasteiger partial charge in [0.2, 0.25) is 5.95 Å². The van der Waals surface area contributed by atoms with Crippen LogP contribution in [0.4, 0.5) is 10.1 Å². The topological polar surface area (TPSA) is 42.0 Å². The summed E-state index contributed by atoms with van der Waals surface area (Å²) in [5.41, 5.74) is 2.24. The Labute approximate surface area is 111 Å². The molecule has 4 heteroatoms. The number of benzene rings is 1. The number of aromatic nitrogens is 1. The minimum absolute atomic E-state index is 0.301. The molecule has 0 aliphatic heterocycles. The van der Waals surface area contributed by atoms with Crippen LogP contribution < -0.4 is 5.32 Å². The van der Waals surface area contributed by atoms with Crippen molar-refractivity contribution in [2.45, 2.75) is 19.8 Å². The highest BCUT2D eigenvalue weighted by molar-refractivity contribution is 6.03. The van der Waals surface area contributed by atoms with E-state index in [2.05, 4.69) is 24.1 Å². The van der Waals surface area contributed by atoms with Gasteiger partial charge in [0.1, 0.15) is 0 Å².